The molecule has 148 valence electrons. The predicted molar refractivity (Wildman–Crippen MR) is 105 cm³/mol. The Bertz CT molecular complexity index is 1350. The zero-order valence-electron chi connectivity index (χ0n) is 15.5. The van der Waals surface area contributed by atoms with Gasteiger partial charge in [0, 0.05) is 5.69 Å². The Morgan fingerprint density at radius 1 is 1.20 bits per heavy atom. The number of carbonyl (C=O) groups is 1. The first-order valence-corrected chi connectivity index (χ1v) is 8.86. The Balaban J connectivity index is 1.54. The summed E-state index contributed by atoms with van der Waals surface area (Å²) in [5, 5.41) is 19.3. The first kappa shape index (κ1) is 18.9. The highest BCUT2D eigenvalue weighted by molar-refractivity contribution is 5.90. The van der Waals surface area contributed by atoms with Crippen molar-refractivity contribution in [2.45, 2.75) is 13.1 Å². The van der Waals surface area contributed by atoms with Crippen molar-refractivity contribution >= 4 is 22.8 Å². The summed E-state index contributed by atoms with van der Waals surface area (Å²) in [7, 11) is 0. The molecule has 0 aliphatic heterocycles. The Labute approximate surface area is 169 Å². The van der Waals surface area contributed by atoms with E-state index in [0.29, 0.717) is 16.8 Å². The van der Waals surface area contributed by atoms with Crippen molar-refractivity contribution in [2.24, 2.45) is 0 Å². The quantitative estimate of drug-likeness (QED) is 0.542. The largest absolute Gasteiger partial charge is 0.324 e. The van der Waals surface area contributed by atoms with E-state index in [4.69, 9.17) is 5.26 Å². The number of amides is 1. The molecule has 0 saturated carbocycles. The molecule has 4 aromatic rings. The number of nitriles is 1. The normalized spacial score (nSPS) is 10.7. The summed E-state index contributed by atoms with van der Waals surface area (Å²) >= 11 is 0. The molecule has 0 unspecified atom stereocenters. The summed E-state index contributed by atoms with van der Waals surface area (Å²) in [6.07, 6.45) is 1.24. The summed E-state index contributed by atoms with van der Waals surface area (Å²) < 4.78 is 15.9. The van der Waals surface area contributed by atoms with Gasteiger partial charge in [-0.1, -0.05) is 23.4 Å². The molecule has 0 aliphatic rings. The van der Waals surface area contributed by atoms with Crippen LogP contribution in [0.15, 0.2) is 59.7 Å². The van der Waals surface area contributed by atoms with Gasteiger partial charge in [-0.15, -0.1) is 5.10 Å². The Morgan fingerprint density at radius 3 is 2.83 bits per heavy atom. The number of benzene rings is 2. The van der Waals surface area contributed by atoms with Gasteiger partial charge in [0.15, 0.2) is 11.2 Å². The fourth-order valence-electron chi connectivity index (χ4n) is 2.94. The van der Waals surface area contributed by atoms with E-state index in [9.17, 15) is 14.0 Å². The molecule has 0 fully saturated rings. The second kappa shape index (κ2) is 7.92. The van der Waals surface area contributed by atoms with E-state index in [1.165, 1.54) is 29.2 Å². The third kappa shape index (κ3) is 3.90. The molecule has 2 aromatic heterocycles. The molecule has 9 nitrogen and oxygen atoms in total. The number of nitrogens with zero attached hydrogens (tertiary/aromatic N) is 6. The number of nitrogens with one attached hydrogen (secondary N) is 1. The van der Waals surface area contributed by atoms with Crippen LogP contribution in [0.25, 0.3) is 11.2 Å². The molecule has 1 N–H and O–H groups in total. The standard InChI is InChI=1S/C20H14FN7O2/c21-15-5-1-4-14(7-15)10-28-19-18(25-26-28)20(30)27(12-23-19)11-17(29)24-16-6-2-3-13(8-16)9-22/h1-8,12H,10-11H2,(H,24,29). The van der Waals surface area contributed by atoms with Crippen molar-refractivity contribution < 1.29 is 9.18 Å². The fraction of sp³-hybridized carbons (Fsp3) is 0.100. The van der Waals surface area contributed by atoms with E-state index in [1.54, 1.807) is 30.3 Å². The topological polar surface area (TPSA) is 118 Å². The lowest BCUT2D eigenvalue weighted by Gasteiger charge is -2.07. The molecule has 0 aliphatic carbocycles. The van der Waals surface area contributed by atoms with Gasteiger partial charge >= 0.3 is 0 Å². The number of hydrogen-bond donors (Lipinski definition) is 1. The van der Waals surface area contributed by atoms with E-state index < -0.39 is 11.5 Å². The molecule has 2 aromatic carbocycles. The van der Waals surface area contributed by atoms with E-state index in [1.807, 2.05) is 6.07 Å². The van der Waals surface area contributed by atoms with Crippen LogP contribution in [0.2, 0.25) is 0 Å². The number of fused-ring (bicyclic) bond motifs is 1. The molecule has 0 spiro atoms. The van der Waals surface area contributed by atoms with Gasteiger partial charge in [0.2, 0.25) is 5.91 Å². The van der Waals surface area contributed by atoms with Gasteiger partial charge in [-0.05, 0) is 35.9 Å². The van der Waals surface area contributed by atoms with Gasteiger partial charge in [0.1, 0.15) is 18.7 Å². The summed E-state index contributed by atoms with van der Waals surface area (Å²) in [6, 6.07) is 14.4. The molecule has 4 rings (SSSR count). The maximum Gasteiger partial charge on any atom is 0.283 e. The van der Waals surface area contributed by atoms with Crippen molar-refractivity contribution in [2.75, 3.05) is 5.32 Å². The SMILES string of the molecule is N#Cc1cccc(NC(=O)Cn2cnc3c(nnn3Cc3cccc(F)c3)c2=O)c1. The highest BCUT2D eigenvalue weighted by Gasteiger charge is 2.14. The monoisotopic (exact) mass is 403 g/mol. The minimum atomic E-state index is -0.522. The minimum Gasteiger partial charge on any atom is -0.324 e. The minimum absolute atomic E-state index is 0.00757. The molecular weight excluding hydrogens is 389 g/mol. The number of halogens is 1. The molecular formula is C20H14FN7O2. The molecule has 2 heterocycles. The molecule has 1 amide bonds. The zero-order chi connectivity index (χ0) is 21.1. The lowest BCUT2D eigenvalue weighted by atomic mass is 10.2. The van der Waals surface area contributed by atoms with Crippen molar-refractivity contribution in [3.05, 3.63) is 82.2 Å². The first-order valence-electron chi connectivity index (χ1n) is 8.86. The van der Waals surface area contributed by atoms with Crippen LogP contribution in [-0.2, 0) is 17.9 Å². The van der Waals surface area contributed by atoms with Gasteiger partial charge in [-0.2, -0.15) is 5.26 Å². The van der Waals surface area contributed by atoms with Crippen LogP contribution >= 0.6 is 0 Å². The van der Waals surface area contributed by atoms with E-state index in [-0.39, 0.29) is 30.1 Å². The maximum absolute atomic E-state index is 13.4. The Morgan fingerprint density at radius 2 is 2.03 bits per heavy atom. The molecule has 0 radical (unpaired) electrons. The average Bonchev–Trinajstić information content (AvgIpc) is 3.13. The van der Waals surface area contributed by atoms with Crippen LogP contribution in [0, 0.1) is 17.1 Å². The third-order valence-electron chi connectivity index (χ3n) is 4.30. The molecule has 30 heavy (non-hydrogen) atoms. The second-order valence-corrected chi connectivity index (χ2v) is 6.47. The second-order valence-electron chi connectivity index (χ2n) is 6.47. The van der Waals surface area contributed by atoms with Gasteiger partial charge < -0.3 is 5.32 Å². The number of hydrogen-bond acceptors (Lipinski definition) is 6. The Hall–Kier alpha value is -4.39. The lowest BCUT2D eigenvalue weighted by Crippen LogP contribution is -2.28. The summed E-state index contributed by atoms with van der Waals surface area (Å²) in [6.45, 7) is -0.0876. The van der Waals surface area contributed by atoms with Crippen molar-refractivity contribution in [1.29, 1.82) is 5.26 Å². The molecule has 10 heteroatoms. The Kier molecular flexibility index (Phi) is 5.00. The van der Waals surface area contributed by atoms with Crippen molar-refractivity contribution in [3.63, 3.8) is 0 Å². The highest BCUT2D eigenvalue weighted by Crippen LogP contribution is 2.11. The van der Waals surface area contributed by atoms with Crippen molar-refractivity contribution in [3.8, 4) is 6.07 Å². The first-order chi connectivity index (χ1) is 14.5. The van der Waals surface area contributed by atoms with Gasteiger partial charge in [0.25, 0.3) is 5.56 Å². The number of aromatic nitrogens is 5. The van der Waals surface area contributed by atoms with Crippen LogP contribution in [0.4, 0.5) is 10.1 Å². The smallest absolute Gasteiger partial charge is 0.283 e. The third-order valence-corrected chi connectivity index (χ3v) is 4.30. The van der Waals surface area contributed by atoms with Crippen LogP contribution in [0.1, 0.15) is 11.1 Å². The maximum atomic E-state index is 13.4. The highest BCUT2D eigenvalue weighted by atomic mass is 19.1. The van der Waals surface area contributed by atoms with Crippen LogP contribution in [0.5, 0.6) is 0 Å². The molecule has 0 saturated heterocycles. The lowest BCUT2D eigenvalue weighted by molar-refractivity contribution is -0.116. The van der Waals surface area contributed by atoms with E-state index >= 15 is 0 Å². The van der Waals surface area contributed by atoms with Gasteiger partial charge in [-0.25, -0.2) is 14.1 Å². The number of rotatable bonds is 5. The van der Waals surface area contributed by atoms with Gasteiger partial charge in [-0.3, -0.25) is 14.2 Å². The van der Waals surface area contributed by atoms with Crippen LogP contribution in [-0.4, -0.2) is 30.5 Å². The summed E-state index contributed by atoms with van der Waals surface area (Å²) in [5.74, 6) is -0.834. The summed E-state index contributed by atoms with van der Waals surface area (Å²) in [4.78, 5) is 29.1. The van der Waals surface area contributed by atoms with Crippen LogP contribution in [0.3, 0.4) is 0 Å². The van der Waals surface area contributed by atoms with Crippen molar-refractivity contribution in [1.82, 2.24) is 24.5 Å². The summed E-state index contributed by atoms with van der Waals surface area (Å²) in [5.41, 5.74) is 1.22. The van der Waals surface area contributed by atoms with E-state index in [0.717, 1.165) is 4.57 Å². The average molecular weight is 403 g/mol. The predicted octanol–water partition coefficient (Wildman–Crippen LogP) is 1.69. The fourth-order valence-corrected chi connectivity index (χ4v) is 2.94. The van der Waals surface area contributed by atoms with Crippen LogP contribution < -0.4 is 10.9 Å². The zero-order valence-corrected chi connectivity index (χ0v) is 15.5. The number of anilines is 1. The van der Waals surface area contributed by atoms with Gasteiger partial charge in [0.05, 0.1) is 18.2 Å². The number of carbonyl (C=O) groups excluding carboxylic acids is 1. The molecule has 0 atom stereocenters. The molecule has 0 bridgehead atoms. The van der Waals surface area contributed by atoms with E-state index in [2.05, 4.69) is 20.6 Å².